The van der Waals surface area contributed by atoms with Gasteiger partial charge in [-0.15, -0.1) is 3.89 Å². The zero-order valence-corrected chi connectivity index (χ0v) is 8.56. The molecule has 0 saturated heterocycles. The third-order valence-corrected chi connectivity index (χ3v) is 2.44. The van der Waals surface area contributed by atoms with Gasteiger partial charge in [0.2, 0.25) is 0 Å². The first kappa shape index (κ1) is 9.66. The number of rotatable bonds is 2. The summed E-state index contributed by atoms with van der Waals surface area (Å²) in [5, 5.41) is 3.75. The van der Waals surface area contributed by atoms with Gasteiger partial charge in [-0.25, -0.2) is 0 Å². The van der Waals surface area contributed by atoms with Crippen molar-refractivity contribution in [1.29, 1.82) is 0 Å². The monoisotopic (exact) mass is 256 g/mol. The number of aromatic nitrogens is 2. The molecule has 68 valence electrons. The SMILES string of the molecule is Cn1cc(Br)c(CS(=O)(=O)F)n1. The summed E-state index contributed by atoms with van der Waals surface area (Å²) < 4.78 is 34.5. The summed E-state index contributed by atoms with van der Waals surface area (Å²) in [6.07, 6.45) is 1.56. The van der Waals surface area contributed by atoms with Crippen molar-refractivity contribution in [1.82, 2.24) is 9.78 Å². The van der Waals surface area contributed by atoms with E-state index in [9.17, 15) is 12.3 Å². The van der Waals surface area contributed by atoms with Gasteiger partial charge in [0.15, 0.2) is 0 Å². The van der Waals surface area contributed by atoms with Gasteiger partial charge >= 0.3 is 10.2 Å². The molecule has 1 aromatic heterocycles. The first-order valence-electron chi connectivity index (χ1n) is 2.99. The lowest BCUT2D eigenvalue weighted by molar-refractivity contribution is 0.549. The van der Waals surface area contributed by atoms with Gasteiger partial charge in [-0.3, -0.25) is 4.68 Å². The van der Waals surface area contributed by atoms with Crippen LogP contribution in [0.2, 0.25) is 0 Å². The fourth-order valence-corrected chi connectivity index (χ4v) is 2.01. The first-order chi connectivity index (χ1) is 5.38. The molecule has 7 heteroatoms. The van der Waals surface area contributed by atoms with Gasteiger partial charge in [0.25, 0.3) is 0 Å². The molecule has 0 N–H and O–H groups in total. The lowest BCUT2D eigenvalue weighted by Gasteiger charge is -1.90. The van der Waals surface area contributed by atoms with Gasteiger partial charge in [-0.2, -0.15) is 13.5 Å². The van der Waals surface area contributed by atoms with Crippen LogP contribution in [0.4, 0.5) is 3.89 Å². The predicted molar refractivity (Wildman–Crippen MR) is 44.6 cm³/mol. The molecule has 1 rings (SSSR count). The van der Waals surface area contributed by atoms with Crippen molar-refractivity contribution < 1.29 is 12.3 Å². The molecule has 1 aromatic rings. The third kappa shape index (κ3) is 2.56. The Morgan fingerprint density at radius 3 is 2.67 bits per heavy atom. The maximum Gasteiger partial charge on any atom is 0.308 e. The van der Waals surface area contributed by atoms with E-state index in [-0.39, 0.29) is 5.69 Å². The van der Waals surface area contributed by atoms with Crippen molar-refractivity contribution in [2.24, 2.45) is 7.05 Å². The highest BCUT2D eigenvalue weighted by Gasteiger charge is 2.14. The van der Waals surface area contributed by atoms with Gasteiger partial charge in [-0.05, 0) is 15.9 Å². The Morgan fingerprint density at radius 1 is 1.75 bits per heavy atom. The standard InChI is InChI=1S/C5H6BrFN2O2S/c1-9-2-4(6)5(8-9)3-12(7,10)11/h2H,3H2,1H3. The molecule has 0 aliphatic carbocycles. The molecular weight excluding hydrogens is 251 g/mol. The highest BCUT2D eigenvalue weighted by Crippen LogP contribution is 2.17. The quantitative estimate of drug-likeness (QED) is 0.742. The van der Waals surface area contributed by atoms with E-state index in [0.717, 1.165) is 0 Å². The van der Waals surface area contributed by atoms with Gasteiger partial charge in [0, 0.05) is 13.2 Å². The summed E-state index contributed by atoms with van der Waals surface area (Å²) in [7, 11) is -2.87. The van der Waals surface area contributed by atoms with E-state index >= 15 is 0 Å². The fourth-order valence-electron chi connectivity index (χ4n) is 0.767. The largest absolute Gasteiger partial charge is 0.308 e. The number of aryl methyl sites for hydroxylation is 1. The molecule has 0 spiro atoms. The molecule has 0 radical (unpaired) electrons. The number of hydrogen-bond acceptors (Lipinski definition) is 3. The number of halogens is 2. The van der Waals surface area contributed by atoms with E-state index in [1.54, 1.807) is 13.2 Å². The normalized spacial score (nSPS) is 11.9. The molecule has 0 bridgehead atoms. The number of hydrogen-bond donors (Lipinski definition) is 0. The molecule has 1 heterocycles. The summed E-state index contributed by atoms with van der Waals surface area (Å²) in [5.41, 5.74) is 0.181. The second kappa shape index (κ2) is 3.14. The van der Waals surface area contributed by atoms with Crippen molar-refractivity contribution in [2.75, 3.05) is 0 Å². The minimum absolute atomic E-state index is 0.181. The summed E-state index contributed by atoms with van der Waals surface area (Å²) in [5.74, 6) is -0.686. The minimum atomic E-state index is -4.49. The predicted octanol–water partition coefficient (Wildman–Crippen LogP) is 0.982. The van der Waals surface area contributed by atoms with Crippen LogP contribution in [-0.2, 0) is 23.0 Å². The average molecular weight is 257 g/mol. The molecule has 0 saturated carbocycles. The lowest BCUT2D eigenvalue weighted by atomic mass is 10.5. The van der Waals surface area contributed by atoms with Gasteiger partial charge < -0.3 is 0 Å². The second-order valence-corrected chi connectivity index (χ2v) is 4.50. The molecule has 0 aliphatic heterocycles. The van der Waals surface area contributed by atoms with Crippen molar-refractivity contribution in [3.63, 3.8) is 0 Å². The highest BCUT2D eigenvalue weighted by molar-refractivity contribution is 9.10. The minimum Gasteiger partial charge on any atom is -0.274 e. The van der Waals surface area contributed by atoms with Crippen LogP contribution < -0.4 is 0 Å². The Labute approximate surface area is 77.7 Å². The van der Waals surface area contributed by atoms with Gasteiger partial charge in [-0.1, -0.05) is 0 Å². The average Bonchev–Trinajstić information content (AvgIpc) is 2.06. The van der Waals surface area contributed by atoms with E-state index in [0.29, 0.717) is 4.47 Å². The summed E-state index contributed by atoms with van der Waals surface area (Å²) in [6.45, 7) is 0. The number of nitrogens with zero attached hydrogens (tertiary/aromatic N) is 2. The van der Waals surface area contributed by atoms with Crippen LogP contribution in [0, 0.1) is 0 Å². The summed E-state index contributed by atoms with van der Waals surface area (Å²) >= 11 is 3.06. The molecular formula is C5H6BrFN2O2S. The van der Waals surface area contributed by atoms with Gasteiger partial charge in [0.1, 0.15) is 5.75 Å². The van der Waals surface area contributed by atoms with Crippen molar-refractivity contribution in [3.8, 4) is 0 Å². The van der Waals surface area contributed by atoms with Crippen molar-refractivity contribution >= 4 is 26.2 Å². The Kier molecular flexibility index (Phi) is 2.52. The Bertz CT molecular complexity index is 386. The molecule has 4 nitrogen and oxygen atoms in total. The van der Waals surface area contributed by atoms with E-state index < -0.39 is 16.0 Å². The molecule has 0 aromatic carbocycles. The van der Waals surface area contributed by atoms with Crippen LogP contribution in [-0.4, -0.2) is 18.2 Å². The molecule has 0 aliphatic rings. The zero-order chi connectivity index (χ0) is 9.35. The molecule has 12 heavy (non-hydrogen) atoms. The maximum absolute atomic E-state index is 12.2. The van der Waals surface area contributed by atoms with E-state index in [2.05, 4.69) is 21.0 Å². The van der Waals surface area contributed by atoms with Crippen molar-refractivity contribution in [2.45, 2.75) is 5.75 Å². The van der Waals surface area contributed by atoms with Crippen molar-refractivity contribution in [3.05, 3.63) is 16.4 Å². The Hall–Kier alpha value is -0.430. The smallest absolute Gasteiger partial charge is 0.274 e. The molecule has 0 amide bonds. The first-order valence-corrected chi connectivity index (χ1v) is 5.33. The zero-order valence-electron chi connectivity index (χ0n) is 6.16. The van der Waals surface area contributed by atoms with E-state index in [1.165, 1.54) is 4.68 Å². The van der Waals surface area contributed by atoms with Crippen LogP contribution in [0.1, 0.15) is 5.69 Å². The topological polar surface area (TPSA) is 52.0 Å². The van der Waals surface area contributed by atoms with Crippen LogP contribution in [0.3, 0.4) is 0 Å². The van der Waals surface area contributed by atoms with E-state index in [4.69, 9.17) is 0 Å². The fraction of sp³-hybridized carbons (Fsp3) is 0.400. The molecule has 0 unspecified atom stereocenters. The summed E-state index contributed by atoms with van der Waals surface area (Å²) in [6, 6.07) is 0. The maximum atomic E-state index is 12.2. The third-order valence-electron chi connectivity index (χ3n) is 1.16. The molecule has 0 atom stereocenters. The van der Waals surface area contributed by atoms with Crippen LogP contribution in [0.5, 0.6) is 0 Å². The second-order valence-electron chi connectivity index (χ2n) is 2.28. The van der Waals surface area contributed by atoms with E-state index in [1.807, 2.05) is 0 Å². The molecule has 0 fully saturated rings. The summed E-state index contributed by atoms with van der Waals surface area (Å²) in [4.78, 5) is 0. The highest BCUT2D eigenvalue weighted by atomic mass is 79.9. The lowest BCUT2D eigenvalue weighted by Crippen LogP contribution is -1.98. The van der Waals surface area contributed by atoms with Crippen LogP contribution >= 0.6 is 15.9 Å². The van der Waals surface area contributed by atoms with Crippen LogP contribution in [0.25, 0.3) is 0 Å². The van der Waals surface area contributed by atoms with Gasteiger partial charge in [0.05, 0.1) is 10.2 Å². The Morgan fingerprint density at radius 2 is 2.33 bits per heavy atom. The Balaban J connectivity index is 2.97. The van der Waals surface area contributed by atoms with Crippen LogP contribution in [0.15, 0.2) is 10.7 Å².